The van der Waals surface area contributed by atoms with E-state index in [1.54, 1.807) is 23.3 Å². The Morgan fingerprint density at radius 3 is 2.06 bits per heavy atom. The van der Waals surface area contributed by atoms with Crippen LogP contribution in [0.1, 0.15) is 72.2 Å². The molecule has 1 heterocycles. The molecule has 0 radical (unpaired) electrons. The van der Waals surface area contributed by atoms with Gasteiger partial charge in [-0.1, -0.05) is 68.6 Å². The van der Waals surface area contributed by atoms with Gasteiger partial charge in [-0.2, -0.15) is 0 Å². The van der Waals surface area contributed by atoms with Crippen molar-refractivity contribution in [3.8, 4) is 11.3 Å². The normalized spacial score (nSPS) is 12.4. The van der Waals surface area contributed by atoms with E-state index < -0.39 is 0 Å². The van der Waals surface area contributed by atoms with Crippen molar-refractivity contribution in [1.29, 1.82) is 0 Å². The van der Waals surface area contributed by atoms with Gasteiger partial charge in [-0.15, -0.1) is 0 Å². The van der Waals surface area contributed by atoms with Gasteiger partial charge in [0.1, 0.15) is 5.82 Å². The van der Waals surface area contributed by atoms with Gasteiger partial charge in [-0.25, -0.2) is 9.97 Å². The van der Waals surface area contributed by atoms with E-state index in [2.05, 4.69) is 36.0 Å². The number of aliphatic hydroxyl groups excluding tert-OH is 2. The molecule has 0 amide bonds. The van der Waals surface area contributed by atoms with Gasteiger partial charge in [-0.3, -0.25) is 0 Å². The van der Waals surface area contributed by atoms with Crippen LogP contribution < -0.4 is 5.73 Å². The van der Waals surface area contributed by atoms with Gasteiger partial charge in [0.05, 0.1) is 35.3 Å². The Labute approximate surface area is 215 Å². The summed E-state index contributed by atoms with van der Waals surface area (Å²) in [4.78, 5) is 9.03. The molecule has 1 aliphatic carbocycles. The predicted octanol–water partition coefficient (Wildman–Crippen LogP) is 7.22. The molecule has 0 unspecified atom stereocenters. The maximum Gasteiger partial charge on any atom is 0.145 e. The Bertz CT molecular complexity index is 926. The summed E-state index contributed by atoms with van der Waals surface area (Å²) in [5.41, 5.74) is 12.3. The van der Waals surface area contributed by atoms with Gasteiger partial charge < -0.3 is 15.9 Å². The van der Waals surface area contributed by atoms with Gasteiger partial charge in [0.25, 0.3) is 0 Å². The van der Waals surface area contributed by atoms with E-state index in [1.807, 2.05) is 33.8 Å². The van der Waals surface area contributed by atoms with Crippen LogP contribution in [0.4, 0.5) is 5.82 Å². The maximum atomic E-state index is 7.62. The fourth-order valence-electron chi connectivity index (χ4n) is 3.27. The lowest BCUT2D eigenvalue weighted by atomic mass is 10.1. The van der Waals surface area contributed by atoms with E-state index in [9.17, 15) is 0 Å². The first-order valence-electron chi connectivity index (χ1n) is 12.0. The molecule has 7 heteroatoms. The predicted molar refractivity (Wildman–Crippen MR) is 148 cm³/mol. The average molecular weight is 511 g/mol. The summed E-state index contributed by atoms with van der Waals surface area (Å²) in [6.45, 7) is 12.1. The number of hydrogen-bond donors (Lipinski definition) is 3. The second-order valence-electron chi connectivity index (χ2n) is 7.29. The Morgan fingerprint density at radius 1 is 1.00 bits per heavy atom. The number of rotatable bonds is 5. The van der Waals surface area contributed by atoms with Gasteiger partial charge in [0.2, 0.25) is 0 Å². The minimum Gasteiger partial charge on any atom is -0.394 e. The van der Waals surface area contributed by atoms with Crippen LogP contribution in [0.5, 0.6) is 0 Å². The van der Waals surface area contributed by atoms with E-state index in [0.29, 0.717) is 15.9 Å². The standard InChI is InChI=1S/C14H15Cl2N3.C9H14.C2H6O2.C2H6/c1-3-11-13(18-12(4-2)14(17)19-11)9-6-5-8(15)7-10(9)16;1-3-5-9-7-4-6-8(9)2;3-1-2-4;1-2/h5-7H,3-4H2,1-2H3,(H2,17,19);3,5H,4,6-7H2,1-2H3;3-4H,1-2H2;1-2H3/b;5-3-;;. The number of anilines is 1. The number of allylic oxidation sites excluding steroid dienone is 4. The summed E-state index contributed by atoms with van der Waals surface area (Å²) in [5.74, 6) is 0.494. The Kier molecular flexibility index (Phi) is 17.4. The molecule has 0 spiro atoms. The topological polar surface area (TPSA) is 92.3 Å². The molecule has 0 atom stereocenters. The number of aryl methyl sites for hydroxylation is 2. The maximum absolute atomic E-state index is 7.62. The average Bonchev–Trinajstić information content (AvgIpc) is 3.25. The van der Waals surface area contributed by atoms with Crippen LogP contribution in [-0.4, -0.2) is 33.4 Å². The van der Waals surface area contributed by atoms with Gasteiger partial charge in [0.15, 0.2) is 0 Å². The number of nitrogen functional groups attached to an aromatic ring is 1. The Morgan fingerprint density at radius 2 is 1.62 bits per heavy atom. The molecule has 1 aliphatic rings. The number of nitrogens with zero attached hydrogens (tertiary/aromatic N) is 2. The van der Waals surface area contributed by atoms with Crippen LogP contribution >= 0.6 is 23.2 Å². The first-order valence-corrected chi connectivity index (χ1v) is 12.7. The monoisotopic (exact) mass is 509 g/mol. The Balaban J connectivity index is 0.000000602. The molecule has 2 aromatic rings. The molecule has 1 aromatic carbocycles. The highest BCUT2D eigenvalue weighted by Gasteiger charge is 2.14. The number of nitrogens with two attached hydrogens (primary N) is 1. The van der Waals surface area contributed by atoms with Gasteiger partial charge >= 0.3 is 0 Å². The second-order valence-corrected chi connectivity index (χ2v) is 8.13. The lowest BCUT2D eigenvalue weighted by Gasteiger charge is -2.12. The van der Waals surface area contributed by atoms with E-state index >= 15 is 0 Å². The van der Waals surface area contributed by atoms with Crippen molar-refractivity contribution in [3.63, 3.8) is 0 Å². The molecule has 34 heavy (non-hydrogen) atoms. The molecule has 0 saturated heterocycles. The summed E-state index contributed by atoms with van der Waals surface area (Å²) in [6, 6.07) is 5.37. The summed E-state index contributed by atoms with van der Waals surface area (Å²) in [5, 5.41) is 16.4. The molecule has 0 saturated carbocycles. The van der Waals surface area contributed by atoms with Crippen molar-refractivity contribution in [2.75, 3.05) is 18.9 Å². The van der Waals surface area contributed by atoms with Crippen LogP contribution in [0.25, 0.3) is 11.3 Å². The lowest BCUT2D eigenvalue weighted by Crippen LogP contribution is -2.06. The van der Waals surface area contributed by atoms with Crippen molar-refractivity contribution in [2.24, 2.45) is 0 Å². The van der Waals surface area contributed by atoms with Crippen LogP contribution in [0.3, 0.4) is 0 Å². The first kappa shape index (κ1) is 32.1. The molecule has 5 nitrogen and oxygen atoms in total. The molecule has 1 aromatic heterocycles. The van der Waals surface area contributed by atoms with Gasteiger partial charge in [-0.05, 0) is 69.7 Å². The van der Waals surface area contributed by atoms with E-state index in [1.165, 1.54) is 19.3 Å². The highest BCUT2D eigenvalue weighted by molar-refractivity contribution is 6.36. The summed E-state index contributed by atoms with van der Waals surface area (Å²) in [6.07, 6.45) is 9.84. The number of benzene rings is 1. The van der Waals surface area contributed by atoms with Crippen LogP contribution in [0.2, 0.25) is 10.0 Å². The highest BCUT2D eigenvalue weighted by Crippen LogP contribution is 2.32. The first-order chi connectivity index (χ1) is 16.3. The van der Waals surface area contributed by atoms with Crippen molar-refractivity contribution in [2.45, 2.75) is 73.6 Å². The van der Waals surface area contributed by atoms with Crippen LogP contribution in [0, 0.1) is 0 Å². The summed E-state index contributed by atoms with van der Waals surface area (Å²) >= 11 is 12.2. The second kappa shape index (κ2) is 18.4. The smallest absolute Gasteiger partial charge is 0.145 e. The third-order valence-corrected chi connectivity index (χ3v) is 5.49. The summed E-state index contributed by atoms with van der Waals surface area (Å²) < 4.78 is 0. The minimum absolute atomic E-state index is 0.125. The molecule has 0 fully saturated rings. The molecular formula is C27H41Cl2N3O2. The number of aliphatic hydroxyl groups is 2. The van der Waals surface area contributed by atoms with Crippen molar-refractivity contribution >= 4 is 29.0 Å². The molecule has 4 N–H and O–H groups in total. The molecule has 190 valence electrons. The fraction of sp³-hybridized carbons (Fsp3) is 0.481. The largest absolute Gasteiger partial charge is 0.394 e. The van der Waals surface area contributed by atoms with Crippen molar-refractivity contribution in [1.82, 2.24) is 9.97 Å². The molecule has 0 bridgehead atoms. The third-order valence-electron chi connectivity index (χ3n) is 4.94. The van der Waals surface area contributed by atoms with E-state index in [0.717, 1.165) is 35.5 Å². The third kappa shape index (κ3) is 10.6. The number of halogens is 2. The van der Waals surface area contributed by atoms with Crippen LogP contribution in [0.15, 0.2) is 41.5 Å². The van der Waals surface area contributed by atoms with E-state index in [4.69, 9.17) is 39.1 Å². The zero-order valence-electron chi connectivity index (χ0n) is 21.5. The lowest BCUT2D eigenvalue weighted by molar-refractivity contribution is 0.186. The molecular weight excluding hydrogens is 469 g/mol. The molecule has 3 rings (SSSR count). The van der Waals surface area contributed by atoms with Crippen molar-refractivity contribution < 1.29 is 10.2 Å². The zero-order valence-corrected chi connectivity index (χ0v) is 23.0. The minimum atomic E-state index is -0.125. The highest BCUT2D eigenvalue weighted by atomic mass is 35.5. The SMILES string of the molecule is C/C=C\C1=C(C)CCC1.CC.CCc1nc(-c2ccc(Cl)cc2Cl)c(CC)nc1N.OCCO. The van der Waals surface area contributed by atoms with Crippen LogP contribution in [-0.2, 0) is 12.8 Å². The Hall–Kier alpha value is -1.92. The summed E-state index contributed by atoms with van der Waals surface area (Å²) in [7, 11) is 0. The quantitative estimate of drug-likeness (QED) is 0.395. The van der Waals surface area contributed by atoms with Crippen molar-refractivity contribution in [3.05, 3.63) is 62.9 Å². The number of aromatic nitrogens is 2. The fourth-order valence-corrected chi connectivity index (χ4v) is 3.77. The zero-order chi connectivity index (χ0) is 26.1. The van der Waals surface area contributed by atoms with E-state index in [-0.39, 0.29) is 13.2 Å². The van der Waals surface area contributed by atoms with Gasteiger partial charge in [0, 0.05) is 10.6 Å². The molecule has 0 aliphatic heterocycles. The number of hydrogen-bond acceptors (Lipinski definition) is 5.